The molecule has 3 aromatic rings. The third-order valence-electron chi connectivity index (χ3n) is 6.26. The topological polar surface area (TPSA) is 120 Å². The first-order valence-electron chi connectivity index (χ1n) is 11.8. The molecule has 0 radical (unpaired) electrons. The maximum absolute atomic E-state index is 13.2. The van der Waals surface area contributed by atoms with Crippen LogP contribution in [0.25, 0.3) is 0 Å². The Kier molecular flexibility index (Phi) is 6.59. The van der Waals surface area contributed by atoms with E-state index in [0.717, 1.165) is 11.4 Å². The summed E-state index contributed by atoms with van der Waals surface area (Å²) >= 11 is 0. The fourth-order valence-corrected chi connectivity index (χ4v) is 4.41. The number of nitrogens with one attached hydrogen (secondary N) is 1. The number of methoxy groups -OCH3 is 1. The molecule has 4 heterocycles. The monoisotopic (exact) mass is 494 g/mol. The van der Waals surface area contributed by atoms with Crippen LogP contribution in [0.3, 0.4) is 0 Å². The molecule has 0 unspecified atom stereocenters. The van der Waals surface area contributed by atoms with Crippen molar-refractivity contribution >= 4 is 17.7 Å². The van der Waals surface area contributed by atoms with E-state index in [0.29, 0.717) is 54.9 Å². The Bertz CT molecular complexity index is 1250. The SMILES string of the molecule is COc1ccc2cc1OCCn1cc(nn1)CO[C@H]1CN(c3ncc(C)c(N(C)C)n3)C[C@@H]1NC2=O. The molecular weight excluding hydrogens is 464 g/mol. The highest BCUT2D eigenvalue weighted by Gasteiger charge is 2.36. The molecule has 1 saturated heterocycles. The number of hydrogen-bond donors (Lipinski definition) is 1. The lowest BCUT2D eigenvalue weighted by molar-refractivity contribution is 0.0347. The van der Waals surface area contributed by atoms with Gasteiger partial charge >= 0.3 is 0 Å². The largest absolute Gasteiger partial charge is 0.493 e. The van der Waals surface area contributed by atoms with Crippen LogP contribution in [0, 0.1) is 6.92 Å². The zero-order chi connectivity index (χ0) is 25.2. The van der Waals surface area contributed by atoms with Crippen LogP contribution >= 0.6 is 0 Å². The van der Waals surface area contributed by atoms with Crippen molar-refractivity contribution in [3.05, 3.63) is 47.4 Å². The second kappa shape index (κ2) is 9.97. The second-order valence-corrected chi connectivity index (χ2v) is 9.09. The van der Waals surface area contributed by atoms with Crippen molar-refractivity contribution in [1.29, 1.82) is 0 Å². The zero-order valence-corrected chi connectivity index (χ0v) is 20.8. The highest BCUT2D eigenvalue weighted by Crippen LogP contribution is 2.29. The number of fused-ring (bicyclic) bond motifs is 5. The Morgan fingerprint density at radius 1 is 1.25 bits per heavy atom. The van der Waals surface area contributed by atoms with Crippen LogP contribution < -0.4 is 24.6 Å². The summed E-state index contributed by atoms with van der Waals surface area (Å²) in [7, 11) is 5.47. The van der Waals surface area contributed by atoms with Crippen molar-refractivity contribution < 1.29 is 19.0 Å². The van der Waals surface area contributed by atoms with E-state index in [1.54, 1.807) is 30.0 Å². The van der Waals surface area contributed by atoms with Crippen molar-refractivity contribution in [3.8, 4) is 11.5 Å². The Hall–Kier alpha value is -3.93. The van der Waals surface area contributed by atoms with Crippen molar-refractivity contribution in [2.45, 2.75) is 32.2 Å². The van der Waals surface area contributed by atoms with Gasteiger partial charge in [-0.05, 0) is 25.1 Å². The van der Waals surface area contributed by atoms with Crippen LogP contribution in [0.4, 0.5) is 11.8 Å². The maximum Gasteiger partial charge on any atom is 0.251 e. The van der Waals surface area contributed by atoms with Crippen molar-refractivity contribution in [1.82, 2.24) is 30.3 Å². The fourth-order valence-electron chi connectivity index (χ4n) is 4.41. The highest BCUT2D eigenvalue weighted by molar-refractivity contribution is 5.95. The minimum absolute atomic E-state index is 0.221. The lowest BCUT2D eigenvalue weighted by atomic mass is 10.1. The Morgan fingerprint density at radius 3 is 2.92 bits per heavy atom. The van der Waals surface area contributed by atoms with Crippen LogP contribution in [0.1, 0.15) is 21.6 Å². The minimum atomic E-state index is -0.300. The van der Waals surface area contributed by atoms with E-state index in [4.69, 9.17) is 19.2 Å². The van der Waals surface area contributed by atoms with Gasteiger partial charge in [-0.25, -0.2) is 9.67 Å². The van der Waals surface area contributed by atoms with E-state index in [2.05, 4.69) is 20.6 Å². The number of hydrogen-bond acceptors (Lipinski definition) is 10. The molecule has 36 heavy (non-hydrogen) atoms. The first-order valence-corrected chi connectivity index (χ1v) is 11.8. The van der Waals surface area contributed by atoms with Gasteiger partial charge in [0.05, 0.1) is 38.6 Å². The highest BCUT2D eigenvalue weighted by atomic mass is 16.5. The van der Waals surface area contributed by atoms with Gasteiger partial charge < -0.3 is 29.3 Å². The molecule has 190 valence electrons. The summed E-state index contributed by atoms with van der Waals surface area (Å²) in [5.41, 5.74) is 2.16. The number of aryl methyl sites for hydroxylation is 1. The molecule has 0 saturated carbocycles. The van der Waals surface area contributed by atoms with E-state index in [9.17, 15) is 4.79 Å². The molecule has 2 aliphatic rings. The lowest BCUT2D eigenvalue weighted by Gasteiger charge is -2.20. The third-order valence-corrected chi connectivity index (χ3v) is 6.26. The third kappa shape index (κ3) is 4.89. The number of anilines is 2. The molecule has 1 aromatic carbocycles. The normalized spacial score (nSPS) is 20.0. The molecule has 0 spiro atoms. The molecule has 4 bridgehead atoms. The standard InChI is InChI=1S/C24H30N8O4/c1-15-10-25-24(27-22(15)30(2)3)31-12-18-21(13-31)36-14-17-11-32(29-28-17)7-8-35-20-9-16(23(33)26-18)5-6-19(20)34-4/h5-6,9-11,18,21H,7-8,12-14H2,1-4H3,(H,26,33)/t18-,21-/m0/s1. The average Bonchev–Trinajstić information content (AvgIpc) is 3.49. The van der Waals surface area contributed by atoms with E-state index >= 15 is 0 Å². The predicted molar refractivity (Wildman–Crippen MR) is 132 cm³/mol. The fraction of sp³-hybridized carbons (Fsp3) is 0.458. The Morgan fingerprint density at radius 2 is 2.11 bits per heavy atom. The first-order chi connectivity index (χ1) is 17.4. The molecule has 5 rings (SSSR count). The van der Waals surface area contributed by atoms with Crippen LogP contribution in [0.5, 0.6) is 11.5 Å². The summed E-state index contributed by atoms with van der Waals surface area (Å²) < 4.78 is 19.3. The summed E-state index contributed by atoms with van der Waals surface area (Å²) in [6.07, 6.45) is 3.35. The summed E-state index contributed by atoms with van der Waals surface area (Å²) in [4.78, 5) is 26.5. The lowest BCUT2D eigenvalue weighted by Crippen LogP contribution is -2.44. The van der Waals surface area contributed by atoms with E-state index in [1.807, 2.05) is 43.2 Å². The summed E-state index contributed by atoms with van der Waals surface area (Å²) in [5.74, 6) is 2.26. The number of nitrogens with zero attached hydrogens (tertiary/aromatic N) is 7. The van der Waals surface area contributed by atoms with Crippen molar-refractivity contribution in [2.75, 3.05) is 50.7 Å². The quantitative estimate of drug-likeness (QED) is 0.566. The smallest absolute Gasteiger partial charge is 0.251 e. The average molecular weight is 495 g/mol. The number of ether oxygens (including phenoxy) is 3. The predicted octanol–water partition coefficient (Wildman–Crippen LogP) is 1.05. The van der Waals surface area contributed by atoms with Gasteiger partial charge in [0.25, 0.3) is 5.91 Å². The van der Waals surface area contributed by atoms with Crippen molar-refractivity contribution in [2.24, 2.45) is 0 Å². The van der Waals surface area contributed by atoms with Gasteiger partial charge in [-0.2, -0.15) is 4.98 Å². The zero-order valence-electron chi connectivity index (χ0n) is 20.8. The minimum Gasteiger partial charge on any atom is -0.493 e. The first kappa shape index (κ1) is 23.8. The maximum atomic E-state index is 13.2. The molecule has 1 fully saturated rings. The van der Waals surface area contributed by atoms with E-state index in [1.165, 1.54) is 0 Å². The molecule has 12 nitrogen and oxygen atoms in total. The molecule has 12 heteroatoms. The molecule has 2 aromatic heterocycles. The number of carbonyl (C=O) groups excluding carboxylic acids is 1. The van der Waals surface area contributed by atoms with E-state index in [-0.39, 0.29) is 24.7 Å². The van der Waals surface area contributed by atoms with Gasteiger partial charge in [-0.15, -0.1) is 5.10 Å². The summed E-state index contributed by atoms with van der Waals surface area (Å²) in [6, 6.07) is 4.85. The molecule has 1 N–H and O–H groups in total. The van der Waals surface area contributed by atoms with Gasteiger partial charge in [0.15, 0.2) is 11.5 Å². The molecule has 2 aliphatic heterocycles. The summed E-state index contributed by atoms with van der Waals surface area (Å²) in [6.45, 7) is 4.10. The Balaban J connectivity index is 1.44. The van der Waals surface area contributed by atoms with Crippen molar-refractivity contribution in [3.63, 3.8) is 0 Å². The molecule has 0 aliphatic carbocycles. The number of amides is 1. The van der Waals surface area contributed by atoms with Gasteiger partial charge in [0, 0.05) is 44.5 Å². The van der Waals surface area contributed by atoms with Gasteiger partial charge in [0.2, 0.25) is 5.95 Å². The summed E-state index contributed by atoms with van der Waals surface area (Å²) in [5, 5.41) is 11.5. The molecular formula is C24H30N8O4. The Labute approximate surface area is 209 Å². The second-order valence-electron chi connectivity index (χ2n) is 9.09. The number of rotatable bonds is 3. The number of aromatic nitrogens is 5. The van der Waals surface area contributed by atoms with Crippen LogP contribution in [0.2, 0.25) is 0 Å². The van der Waals surface area contributed by atoms with Gasteiger partial charge in [-0.1, -0.05) is 5.21 Å². The van der Waals surface area contributed by atoms with Gasteiger partial charge in [0.1, 0.15) is 18.1 Å². The van der Waals surface area contributed by atoms with Gasteiger partial charge in [-0.3, -0.25) is 4.79 Å². The van der Waals surface area contributed by atoms with Crippen LogP contribution in [0.15, 0.2) is 30.6 Å². The van der Waals surface area contributed by atoms with Crippen LogP contribution in [-0.2, 0) is 17.9 Å². The number of benzene rings is 1. The molecule has 1 amide bonds. The number of carbonyl (C=O) groups is 1. The van der Waals surface area contributed by atoms with Crippen LogP contribution in [-0.4, -0.2) is 83.9 Å². The molecule has 2 atom stereocenters. The van der Waals surface area contributed by atoms with E-state index < -0.39 is 0 Å².